The van der Waals surface area contributed by atoms with Crippen molar-refractivity contribution in [2.45, 2.75) is 31.7 Å². The van der Waals surface area contributed by atoms with Crippen molar-refractivity contribution in [1.82, 2.24) is 0 Å². The summed E-state index contributed by atoms with van der Waals surface area (Å²) in [5, 5.41) is 18.6. The fourth-order valence-electron chi connectivity index (χ4n) is 1.68. The summed E-state index contributed by atoms with van der Waals surface area (Å²) in [4.78, 5) is 10.7. The lowest BCUT2D eigenvalue weighted by Crippen LogP contribution is -2.32. The standard InChI is InChI=1S/C14H19NO3/c1-4-14(2,3)10-7-9(5-6-12(10)16)8-11(15)13(17)18/h4-7,11,16H,1,8,15H2,2-3H3,(H,17,18)/t11-/m0/s1. The number of benzene rings is 1. The highest BCUT2D eigenvalue weighted by atomic mass is 16.4. The lowest BCUT2D eigenvalue weighted by atomic mass is 9.83. The van der Waals surface area contributed by atoms with Gasteiger partial charge in [0.05, 0.1) is 0 Å². The Kier molecular flexibility index (Phi) is 4.14. The summed E-state index contributed by atoms with van der Waals surface area (Å²) in [5.41, 5.74) is 6.61. The van der Waals surface area contributed by atoms with Crippen LogP contribution in [0.25, 0.3) is 0 Å². The Morgan fingerprint density at radius 1 is 1.56 bits per heavy atom. The van der Waals surface area contributed by atoms with Gasteiger partial charge >= 0.3 is 5.97 Å². The second kappa shape index (κ2) is 5.23. The van der Waals surface area contributed by atoms with Gasteiger partial charge in [-0.15, -0.1) is 6.58 Å². The van der Waals surface area contributed by atoms with Gasteiger partial charge in [-0.2, -0.15) is 0 Å². The fraction of sp³-hybridized carbons (Fsp3) is 0.357. The molecule has 18 heavy (non-hydrogen) atoms. The maximum Gasteiger partial charge on any atom is 0.320 e. The van der Waals surface area contributed by atoms with Gasteiger partial charge < -0.3 is 15.9 Å². The van der Waals surface area contributed by atoms with Crippen LogP contribution in [0.2, 0.25) is 0 Å². The second-order valence-corrected chi connectivity index (χ2v) is 4.93. The Bertz CT molecular complexity index is 466. The summed E-state index contributed by atoms with van der Waals surface area (Å²) in [6.07, 6.45) is 1.97. The van der Waals surface area contributed by atoms with Gasteiger partial charge in [0.15, 0.2) is 0 Å². The van der Waals surface area contributed by atoms with E-state index >= 15 is 0 Å². The maximum absolute atomic E-state index is 10.7. The molecule has 0 saturated carbocycles. The molecule has 0 radical (unpaired) electrons. The number of rotatable bonds is 5. The Balaban J connectivity index is 3.08. The summed E-state index contributed by atoms with van der Waals surface area (Å²) < 4.78 is 0. The predicted octanol–water partition coefficient (Wildman–Crippen LogP) is 1.81. The number of aliphatic carboxylic acids is 1. The zero-order valence-corrected chi connectivity index (χ0v) is 10.7. The van der Waals surface area contributed by atoms with E-state index in [1.807, 2.05) is 13.8 Å². The maximum atomic E-state index is 10.7. The Morgan fingerprint density at radius 2 is 2.17 bits per heavy atom. The van der Waals surface area contributed by atoms with Gasteiger partial charge in [0, 0.05) is 11.0 Å². The molecule has 4 nitrogen and oxygen atoms in total. The number of hydrogen-bond acceptors (Lipinski definition) is 3. The molecule has 0 bridgehead atoms. The highest BCUT2D eigenvalue weighted by Gasteiger charge is 2.21. The third-order valence-corrected chi connectivity index (χ3v) is 3.04. The summed E-state index contributed by atoms with van der Waals surface area (Å²) in [5.74, 6) is -0.861. The van der Waals surface area contributed by atoms with Crippen LogP contribution in [0.5, 0.6) is 5.75 Å². The van der Waals surface area contributed by atoms with Crippen LogP contribution in [0, 0.1) is 0 Å². The first-order valence-electron chi connectivity index (χ1n) is 5.72. The molecule has 4 heteroatoms. The molecule has 0 aliphatic carbocycles. The normalized spacial score (nSPS) is 13.1. The summed E-state index contributed by atoms with van der Waals surface area (Å²) >= 11 is 0. The van der Waals surface area contributed by atoms with E-state index in [-0.39, 0.29) is 17.6 Å². The van der Waals surface area contributed by atoms with Gasteiger partial charge in [0.25, 0.3) is 0 Å². The third kappa shape index (κ3) is 3.11. The lowest BCUT2D eigenvalue weighted by Gasteiger charge is -2.22. The van der Waals surface area contributed by atoms with Gasteiger partial charge in [-0.1, -0.05) is 32.1 Å². The number of carboxylic acids is 1. The third-order valence-electron chi connectivity index (χ3n) is 3.04. The molecule has 1 rings (SSSR count). The van der Waals surface area contributed by atoms with Crippen LogP contribution in [-0.4, -0.2) is 22.2 Å². The molecule has 98 valence electrons. The molecule has 0 aliphatic rings. The highest BCUT2D eigenvalue weighted by Crippen LogP contribution is 2.32. The van der Waals surface area contributed by atoms with Gasteiger partial charge in [0.2, 0.25) is 0 Å². The monoisotopic (exact) mass is 249 g/mol. The van der Waals surface area contributed by atoms with Gasteiger partial charge in [-0.25, -0.2) is 0 Å². The van der Waals surface area contributed by atoms with Gasteiger partial charge in [-0.3, -0.25) is 4.79 Å². The van der Waals surface area contributed by atoms with Crippen molar-refractivity contribution in [3.8, 4) is 5.75 Å². The average molecular weight is 249 g/mol. The molecule has 0 aromatic heterocycles. The summed E-state index contributed by atoms with van der Waals surface area (Å²) in [6, 6.07) is 4.08. The minimum Gasteiger partial charge on any atom is -0.508 e. The number of hydrogen-bond donors (Lipinski definition) is 3. The van der Waals surface area contributed by atoms with Crippen molar-refractivity contribution in [2.75, 3.05) is 0 Å². The number of allylic oxidation sites excluding steroid dienone is 1. The number of phenols is 1. The van der Waals surface area contributed by atoms with Crippen LogP contribution < -0.4 is 5.73 Å². The van der Waals surface area contributed by atoms with Crippen LogP contribution >= 0.6 is 0 Å². The topological polar surface area (TPSA) is 83.6 Å². The SMILES string of the molecule is C=CC(C)(C)c1cc(C[C@H](N)C(=O)O)ccc1O. The van der Waals surface area contributed by atoms with Crippen LogP contribution in [0.4, 0.5) is 0 Å². The van der Waals surface area contributed by atoms with Gasteiger partial charge in [0.1, 0.15) is 11.8 Å². The van der Waals surface area contributed by atoms with Crippen molar-refractivity contribution in [2.24, 2.45) is 5.73 Å². The lowest BCUT2D eigenvalue weighted by molar-refractivity contribution is -0.138. The van der Waals surface area contributed by atoms with Crippen molar-refractivity contribution >= 4 is 5.97 Å². The van der Waals surface area contributed by atoms with Crippen LogP contribution in [0.1, 0.15) is 25.0 Å². The quantitative estimate of drug-likeness (QED) is 0.695. The van der Waals surface area contributed by atoms with Crippen LogP contribution in [0.3, 0.4) is 0 Å². The molecular formula is C14H19NO3. The van der Waals surface area contributed by atoms with Crippen LogP contribution in [-0.2, 0) is 16.6 Å². The van der Waals surface area contributed by atoms with E-state index in [9.17, 15) is 9.90 Å². The largest absolute Gasteiger partial charge is 0.508 e. The zero-order chi connectivity index (χ0) is 13.9. The minimum absolute atomic E-state index is 0.174. The molecule has 0 unspecified atom stereocenters. The van der Waals surface area contributed by atoms with Crippen molar-refractivity contribution < 1.29 is 15.0 Å². The number of phenolic OH excluding ortho intramolecular Hbond substituents is 1. The Morgan fingerprint density at radius 3 is 2.67 bits per heavy atom. The molecule has 0 aliphatic heterocycles. The smallest absolute Gasteiger partial charge is 0.320 e. The Labute approximate surface area is 107 Å². The fourth-order valence-corrected chi connectivity index (χ4v) is 1.68. The summed E-state index contributed by atoms with van der Waals surface area (Å²) in [7, 11) is 0. The average Bonchev–Trinajstić information content (AvgIpc) is 2.31. The van der Waals surface area contributed by atoms with E-state index in [0.29, 0.717) is 5.56 Å². The molecule has 1 aromatic carbocycles. The van der Waals surface area contributed by atoms with Crippen molar-refractivity contribution in [3.63, 3.8) is 0 Å². The molecule has 0 saturated heterocycles. The molecule has 0 amide bonds. The number of nitrogens with two attached hydrogens (primary N) is 1. The van der Waals surface area contributed by atoms with Crippen LogP contribution in [0.15, 0.2) is 30.9 Å². The second-order valence-electron chi connectivity index (χ2n) is 4.93. The van der Waals surface area contributed by atoms with E-state index in [0.717, 1.165) is 5.56 Å². The molecule has 4 N–H and O–H groups in total. The summed E-state index contributed by atoms with van der Waals surface area (Å²) in [6.45, 7) is 7.59. The van der Waals surface area contributed by atoms with E-state index in [2.05, 4.69) is 6.58 Å². The number of carbonyl (C=O) groups is 1. The molecule has 1 aromatic rings. The zero-order valence-electron chi connectivity index (χ0n) is 10.7. The Hall–Kier alpha value is -1.81. The minimum atomic E-state index is -1.03. The molecule has 0 fully saturated rings. The molecule has 1 atom stereocenters. The van der Waals surface area contributed by atoms with E-state index in [1.165, 1.54) is 0 Å². The van der Waals surface area contributed by atoms with E-state index in [4.69, 9.17) is 10.8 Å². The molecule has 0 spiro atoms. The molecule has 0 heterocycles. The van der Waals surface area contributed by atoms with E-state index < -0.39 is 12.0 Å². The van der Waals surface area contributed by atoms with Crippen molar-refractivity contribution in [1.29, 1.82) is 0 Å². The first kappa shape index (κ1) is 14.3. The first-order valence-corrected chi connectivity index (χ1v) is 5.72. The van der Waals surface area contributed by atoms with Crippen molar-refractivity contribution in [3.05, 3.63) is 42.0 Å². The first-order chi connectivity index (χ1) is 8.27. The number of carboxylic acid groups (broad SMARTS) is 1. The van der Waals surface area contributed by atoms with Gasteiger partial charge in [-0.05, 0) is 18.1 Å². The number of aromatic hydroxyl groups is 1. The molecular weight excluding hydrogens is 230 g/mol. The predicted molar refractivity (Wildman–Crippen MR) is 70.6 cm³/mol. The van der Waals surface area contributed by atoms with E-state index in [1.54, 1.807) is 24.3 Å². The highest BCUT2D eigenvalue weighted by molar-refractivity contribution is 5.73.